The second kappa shape index (κ2) is 8.72. The van der Waals surface area contributed by atoms with Gasteiger partial charge in [-0.25, -0.2) is 0 Å². The summed E-state index contributed by atoms with van der Waals surface area (Å²) in [6.45, 7) is 6.95. The summed E-state index contributed by atoms with van der Waals surface area (Å²) >= 11 is 0. The topological polar surface area (TPSA) is 55.6 Å². The highest BCUT2D eigenvalue weighted by molar-refractivity contribution is 5.85. The Labute approximate surface area is 110 Å². The third-order valence-electron chi connectivity index (χ3n) is 3.14. The summed E-state index contributed by atoms with van der Waals surface area (Å²) in [5.74, 6) is 0.596. The van der Waals surface area contributed by atoms with E-state index in [9.17, 15) is 4.79 Å². The lowest BCUT2D eigenvalue weighted by atomic mass is 10.1. The first kappa shape index (κ1) is 16.7. The summed E-state index contributed by atoms with van der Waals surface area (Å²) in [7, 11) is 0. The Hall–Kier alpha value is -0.320. The van der Waals surface area contributed by atoms with E-state index in [4.69, 9.17) is 10.5 Å². The fourth-order valence-electron chi connectivity index (χ4n) is 1.96. The van der Waals surface area contributed by atoms with Gasteiger partial charge < -0.3 is 15.4 Å². The molecule has 102 valence electrons. The summed E-state index contributed by atoms with van der Waals surface area (Å²) in [6.07, 6.45) is 2.84. The van der Waals surface area contributed by atoms with Gasteiger partial charge in [-0.3, -0.25) is 4.79 Å². The number of amides is 1. The van der Waals surface area contributed by atoms with E-state index in [0.29, 0.717) is 19.1 Å². The number of hydrogen-bond acceptors (Lipinski definition) is 3. The molecule has 1 amide bonds. The smallest absolute Gasteiger partial charge is 0.251 e. The van der Waals surface area contributed by atoms with Crippen LogP contribution in [0.1, 0.15) is 33.1 Å². The molecule has 1 fully saturated rings. The Kier molecular flexibility index (Phi) is 8.56. The molecule has 2 atom stereocenters. The van der Waals surface area contributed by atoms with Crippen molar-refractivity contribution in [3.05, 3.63) is 0 Å². The van der Waals surface area contributed by atoms with Crippen LogP contribution in [0.3, 0.4) is 0 Å². The lowest BCUT2D eigenvalue weighted by molar-refractivity contribution is -0.141. The van der Waals surface area contributed by atoms with Gasteiger partial charge in [0, 0.05) is 19.7 Å². The van der Waals surface area contributed by atoms with Crippen molar-refractivity contribution in [2.45, 2.75) is 39.2 Å². The largest absolute Gasteiger partial charge is 0.369 e. The van der Waals surface area contributed by atoms with Gasteiger partial charge in [-0.2, -0.15) is 0 Å². The highest BCUT2D eigenvalue weighted by atomic mass is 35.5. The number of carbonyl (C=O) groups is 1. The second-order valence-corrected chi connectivity index (χ2v) is 4.54. The van der Waals surface area contributed by atoms with Crippen molar-refractivity contribution in [3.63, 3.8) is 0 Å². The minimum Gasteiger partial charge on any atom is -0.369 e. The molecule has 0 aromatic carbocycles. The van der Waals surface area contributed by atoms with E-state index < -0.39 is 0 Å². The van der Waals surface area contributed by atoms with Crippen LogP contribution in [0.25, 0.3) is 0 Å². The Bertz CT molecular complexity index is 227. The first-order chi connectivity index (χ1) is 7.69. The molecular weight excluding hydrogens is 240 g/mol. The molecule has 2 N–H and O–H groups in total. The minimum atomic E-state index is -0.303. The lowest BCUT2D eigenvalue weighted by Gasteiger charge is -2.21. The summed E-state index contributed by atoms with van der Waals surface area (Å²) < 4.78 is 5.50. The van der Waals surface area contributed by atoms with Crippen molar-refractivity contribution in [2.24, 2.45) is 11.7 Å². The van der Waals surface area contributed by atoms with Crippen LogP contribution in [0.2, 0.25) is 0 Å². The van der Waals surface area contributed by atoms with Gasteiger partial charge in [-0.15, -0.1) is 12.4 Å². The fourth-order valence-corrected chi connectivity index (χ4v) is 1.96. The number of carbonyl (C=O) groups excluding carboxylic acids is 1. The van der Waals surface area contributed by atoms with Crippen LogP contribution in [0.5, 0.6) is 0 Å². The van der Waals surface area contributed by atoms with Crippen molar-refractivity contribution in [2.75, 3.05) is 26.2 Å². The maximum atomic E-state index is 12.0. The molecule has 0 bridgehead atoms. The molecule has 2 unspecified atom stereocenters. The molecule has 1 heterocycles. The zero-order valence-corrected chi connectivity index (χ0v) is 11.7. The highest BCUT2D eigenvalue weighted by Gasteiger charge is 2.28. The lowest BCUT2D eigenvalue weighted by Crippen LogP contribution is -2.38. The second-order valence-electron chi connectivity index (χ2n) is 4.54. The molecule has 17 heavy (non-hydrogen) atoms. The third kappa shape index (κ3) is 5.23. The maximum Gasteiger partial charge on any atom is 0.251 e. The van der Waals surface area contributed by atoms with E-state index in [-0.39, 0.29) is 24.4 Å². The number of hydrogen-bond donors (Lipinski definition) is 1. The van der Waals surface area contributed by atoms with Crippen LogP contribution in [0.4, 0.5) is 0 Å². The SMILES string of the molecule is CCCCOC(C)C(=O)N1CCC(CN)C1.Cl. The van der Waals surface area contributed by atoms with Gasteiger partial charge in [0.2, 0.25) is 0 Å². The van der Waals surface area contributed by atoms with E-state index in [0.717, 1.165) is 32.4 Å². The Morgan fingerprint density at radius 2 is 2.29 bits per heavy atom. The van der Waals surface area contributed by atoms with Crippen molar-refractivity contribution in [3.8, 4) is 0 Å². The van der Waals surface area contributed by atoms with Gasteiger partial charge in [0.05, 0.1) is 0 Å². The molecule has 0 spiro atoms. The predicted octanol–water partition coefficient (Wildman–Crippen LogP) is 1.42. The Morgan fingerprint density at radius 1 is 1.59 bits per heavy atom. The standard InChI is InChI=1S/C12H24N2O2.ClH/c1-3-4-7-16-10(2)12(15)14-6-5-11(8-13)9-14;/h10-11H,3-9,13H2,1-2H3;1H. The molecule has 1 aliphatic heterocycles. The zero-order chi connectivity index (χ0) is 12.0. The average Bonchev–Trinajstić information content (AvgIpc) is 2.76. The average molecular weight is 265 g/mol. The molecular formula is C12H25ClN2O2. The Balaban J connectivity index is 0.00000256. The quantitative estimate of drug-likeness (QED) is 0.739. The van der Waals surface area contributed by atoms with Crippen LogP contribution in [0, 0.1) is 5.92 Å². The normalized spacial score (nSPS) is 21.1. The van der Waals surface area contributed by atoms with Gasteiger partial charge in [0.25, 0.3) is 5.91 Å². The van der Waals surface area contributed by atoms with Gasteiger partial charge in [0.15, 0.2) is 0 Å². The first-order valence-corrected chi connectivity index (χ1v) is 6.29. The van der Waals surface area contributed by atoms with Crippen LogP contribution >= 0.6 is 12.4 Å². The van der Waals surface area contributed by atoms with E-state index in [1.165, 1.54) is 0 Å². The number of unbranched alkanes of at least 4 members (excludes halogenated alkanes) is 1. The molecule has 0 aromatic rings. The summed E-state index contributed by atoms with van der Waals surface area (Å²) in [6, 6.07) is 0. The molecule has 1 aliphatic rings. The molecule has 0 saturated carbocycles. The molecule has 5 heteroatoms. The first-order valence-electron chi connectivity index (χ1n) is 6.29. The Morgan fingerprint density at radius 3 is 2.82 bits per heavy atom. The molecule has 1 rings (SSSR count). The van der Waals surface area contributed by atoms with Crippen molar-refractivity contribution in [1.29, 1.82) is 0 Å². The number of likely N-dealkylation sites (tertiary alicyclic amines) is 1. The third-order valence-corrected chi connectivity index (χ3v) is 3.14. The molecule has 0 aromatic heterocycles. The highest BCUT2D eigenvalue weighted by Crippen LogP contribution is 2.16. The number of ether oxygens (including phenoxy) is 1. The summed E-state index contributed by atoms with van der Waals surface area (Å²) in [5, 5.41) is 0. The molecule has 0 radical (unpaired) electrons. The van der Waals surface area contributed by atoms with E-state index in [1.807, 2.05) is 11.8 Å². The van der Waals surface area contributed by atoms with E-state index in [2.05, 4.69) is 6.92 Å². The van der Waals surface area contributed by atoms with Gasteiger partial charge >= 0.3 is 0 Å². The summed E-state index contributed by atoms with van der Waals surface area (Å²) in [4.78, 5) is 13.8. The number of rotatable bonds is 6. The summed E-state index contributed by atoms with van der Waals surface area (Å²) in [5.41, 5.74) is 5.60. The molecule has 0 aliphatic carbocycles. The fraction of sp³-hybridized carbons (Fsp3) is 0.917. The monoisotopic (exact) mass is 264 g/mol. The van der Waals surface area contributed by atoms with Crippen LogP contribution in [-0.2, 0) is 9.53 Å². The molecule has 1 saturated heterocycles. The van der Waals surface area contributed by atoms with Crippen LogP contribution in [0.15, 0.2) is 0 Å². The van der Waals surface area contributed by atoms with E-state index in [1.54, 1.807) is 0 Å². The van der Waals surface area contributed by atoms with Crippen molar-refractivity contribution in [1.82, 2.24) is 4.90 Å². The van der Waals surface area contributed by atoms with Gasteiger partial charge in [-0.1, -0.05) is 13.3 Å². The van der Waals surface area contributed by atoms with E-state index >= 15 is 0 Å². The number of nitrogens with two attached hydrogens (primary N) is 1. The van der Waals surface area contributed by atoms with Gasteiger partial charge in [0.1, 0.15) is 6.10 Å². The van der Waals surface area contributed by atoms with Gasteiger partial charge in [-0.05, 0) is 32.2 Å². The number of halogens is 1. The molecule has 4 nitrogen and oxygen atoms in total. The van der Waals surface area contributed by atoms with Crippen molar-refractivity contribution >= 4 is 18.3 Å². The zero-order valence-electron chi connectivity index (χ0n) is 10.9. The maximum absolute atomic E-state index is 12.0. The predicted molar refractivity (Wildman–Crippen MR) is 71.3 cm³/mol. The van der Waals surface area contributed by atoms with Crippen LogP contribution in [-0.4, -0.2) is 43.2 Å². The van der Waals surface area contributed by atoms with Crippen molar-refractivity contribution < 1.29 is 9.53 Å². The number of nitrogens with zero attached hydrogens (tertiary/aromatic N) is 1. The minimum absolute atomic E-state index is 0. The van der Waals surface area contributed by atoms with Crippen LogP contribution < -0.4 is 5.73 Å².